The van der Waals surface area contributed by atoms with E-state index in [1.807, 2.05) is 0 Å². The third kappa shape index (κ3) is 5.01. The summed E-state index contributed by atoms with van der Waals surface area (Å²) in [5, 5.41) is 12.8. The highest BCUT2D eigenvalue weighted by Gasteiger charge is 2.50. The van der Waals surface area contributed by atoms with E-state index >= 15 is 0 Å². The van der Waals surface area contributed by atoms with Gasteiger partial charge < -0.3 is 14.4 Å². The van der Waals surface area contributed by atoms with Gasteiger partial charge in [-0.1, -0.05) is 117 Å². The van der Waals surface area contributed by atoms with Gasteiger partial charge in [0, 0.05) is 35.3 Å². The molecule has 4 rings (SSSR count). The lowest BCUT2D eigenvalue weighted by atomic mass is 9.85. The molecule has 0 spiro atoms. The molecule has 3 aromatic rings. The third-order valence-electron chi connectivity index (χ3n) is 7.37. The van der Waals surface area contributed by atoms with Gasteiger partial charge in [-0.15, -0.1) is 0 Å². The van der Waals surface area contributed by atoms with E-state index in [-0.39, 0.29) is 17.1 Å². The van der Waals surface area contributed by atoms with Crippen molar-refractivity contribution in [2.45, 2.75) is 45.1 Å². The Kier molecular flexibility index (Phi) is 7.63. The lowest BCUT2D eigenvalue weighted by Gasteiger charge is -2.43. The van der Waals surface area contributed by atoms with Gasteiger partial charge in [0.05, 0.1) is 6.61 Å². The van der Waals surface area contributed by atoms with Crippen LogP contribution in [-0.2, 0) is 9.84 Å². The van der Waals surface area contributed by atoms with E-state index in [4.69, 9.17) is 4.43 Å². The molecule has 1 N–H and O–H groups in total. The van der Waals surface area contributed by atoms with Gasteiger partial charge in [0.15, 0.2) is 0 Å². The van der Waals surface area contributed by atoms with Gasteiger partial charge in [-0.2, -0.15) is 0 Å². The molecule has 2 atom stereocenters. The molecule has 1 aliphatic rings. The topological polar surface area (TPSA) is 32.7 Å². The van der Waals surface area contributed by atoms with Crippen LogP contribution in [0.4, 0.5) is 5.69 Å². The van der Waals surface area contributed by atoms with Crippen molar-refractivity contribution >= 4 is 40.3 Å². The van der Waals surface area contributed by atoms with E-state index in [1.54, 1.807) is 0 Å². The van der Waals surface area contributed by atoms with Gasteiger partial charge in [-0.3, -0.25) is 0 Å². The van der Waals surface area contributed by atoms with Gasteiger partial charge >= 0.3 is 0 Å². The van der Waals surface area contributed by atoms with E-state index < -0.39 is 8.32 Å². The highest BCUT2D eigenvalue weighted by Crippen LogP contribution is 2.42. The number of aliphatic hydroxyl groups is 1. The van der Waals surface area contributed by atoms with Crippen molar-refractivity contribution in [1.82, 2.24) is 0 Å². The summed E-state index contributed by atoms with van der Waals surface area (Å²) in [6.07, 6.45) is 0. The molecule has 0 amide bonds. The van der Waals surface area contributed by atoms with Crippen LogP contribution in [0.2, 0.25) is 5.04 Å². The standard InChI is InChI=1S/C30H38BrNO2Si/c1-23(19-32-21-30(5,22-33)27-17-16-24(31)18-28(27)32)20-34-35(29(2,3)4,25-12-8-6-9-13-25)26-14-10-7-11-15-26/h6-18,23,33H,19-22H2,1-5H3/t23-,30+/m0/s1. The molecular formula is C30H38BrNO2Si. The SMILES string of the molecule is C[C@H](CO[Si](c1ccccc1)(c1ccccc1)C(C)(C)C)CN1C[C@](C)(CO)c2ccc(Br)cc21. The van der Waals surface area contributed by atoms with Crippen LogP contribution in [0.3, 0.4) is 0 Å². The number of hydrogen-bond acceptors (Lipinski definition) is 3. The Hall–Kier alpha value is -1.92. The molecule has 0 radical (unpaired) electrons. The maximum atomic E-state index is 10.2. The molecule has 0 saturated carbocycles. The van der Waals surface area contributed by atoms with Crippen molar-refractivity contribution in [1.29, 1.82) is 0 Å². The summed E-state index contributed by atoms with van der Waals surface area (Å²) >= 11 is 3.64. The second-order valence-electron chi connectivity index (χ2n) is 11.3. The molecule has 0 saturated heterocycles. The number of fused-ring (bicyclic) bond motifs is 1. The van der Waals surface area contributed by atoms with Gasteiger partial charge in [0.1, 0.15) is 0 Å². The fourth-order valence-electron chi connectivity index (χ4n) is 5.62. The second-order valence-corrected chi connectivity index (χ2v) is 16.6. The van der Waals surface area contributed by atoms with Crippen molar-refractivity contribution in [3.8, 4) is 0 Å². The molecule has 3 nitrogen and oxygen atoms in total. The van der Waals surface area contributed by atoms with E-state index in [0.29, 0.717) is 12.5 Å². The first-order chi connectivity index (χ1) is 16.6. The Morgan fingerprint density at radius 3 is 2.09 bits per heavy atom. The van der Waals surface area contributed by atoms with Crippen molar-refractivity contribution in [3.05, 3.63) is 88.9 Å². The molecule has 35 heavy (non-hydrogen) atoms. The summed E-state index contributed by atoms with van der Waals surface area (Å²) in [5.41, 5.74) is 2.20. The minimum atomic E-state index is -2.55. The van der Waals surface area contributed by atoms with Crippen molar-refractivity contribution in [2.24, 2.45) is 5.92 Å². The molecule has 3 aromatic carbocycles. The number of halogens is 1. The lowest BCUT2D eigenvalue weighted by Crippen LogP contribution is -2.67. The quantitative estimate of drug-likeness (QED) is 0.363. The second kappa shape index (κ2) is 10.2. The summed E-state index contributed by atoms with van der Waals surface area (Å²) in [6.45, 7) is 13.9. The molecule has 0 fully saturated rings. The molecule has 0 unspecified atom stereocenters. The minimum absolute atomic E-state index is 0.0318. The highest BCUT2D eigenvalue weighted by atomic mass is 79.9. The van der Waals surface area contributed by atoms with Crippen LogP contribution in [-0.4, -0.2) is 39.7 Å². The number of aliphatic hydroxyl groups excluding tert-OH is 1. The number of hydrogen-bond donors (Lipinski definition) is 1. The molecule has 1 aliphatic heterocycles. The van der Waals surface area contributed by atoms with Crippen molar-refractivity contribution in [3.63, 3.8) is 0 Å². The first-order valence-electron chi connectivity index (χ1n) is 12.5. The number of rotatable bonds is 8. The fourth-order valence-corrected chi connectivity index (χ4v) is 10.7. The highest BCUT2D eigenvalue weighted by molar-refractivity contribution is 9.10. The summed E-state index contributed by atoms with van der Waals surface area (Å²) in [4.78, 5) is 2.43. The molecule has 0 bridgehead atoms. The first-order valence-corrected chi connectivity index (χ1v) is 15.2. The van der Waals surface area contributed by atoms with Crippen LogP contribution in [0, 0.1) is 5.92 Å². The van der Waals surface area contributed by atoms with E-state index in [9.17, 15) is 5.11 Å². The van der Waals surface area contributed by atoms with Crippen LogP contribution < -0.4 is 15.3 Å². The zero-order chi connectivity index (χ0) is 25.3. The smallest absolute Gasteiger partial charge is 0.261 e. The molecule has 5 heteroatoms. The monoisotopic (exact) mass is 551 g/mol. The van der Waals surface area contributed by atoms with Crippen LogP contribution in [0.5, 0.6) is 0 Å². The van der Waals surface area contributed by atoms with Crippen LogP contribution in [0.25, 0.3) is 0 Å². The molecule has 186 valence electrons. The van der Waals surface area contributed by atoms with Gasteiger partial charge in [0.2, 0.25) is 0 Å². The number of anilines is 1. The van der Waals surface area contributed by atoms with E-state index in [2.05, 4.69) is 134 Å². The first kappa shape index (κ1) is 26.1. The lowest BCUT2D eigenvalue weighted by molar-refractivity contribution is 0.211. The van der Waals surface area contributed by atoms with Gasteiger partial charge in [-0.05, 0) is 39.0 Å². The largest absolute Gasteiger partial charge is 0.407 e. The van der Waals surface area contributed by atoms with Crippen molar-refractivity contribution < 1.29 is 9.53 Å². The molecule has 0 aromatic heterocycles. The van der Waals surface area contributed by atoms with E-state index in [1.165, 1.54) is 21.6 Å². The summed E-state index contributed by atoms with van der Waals surface area (Å²) < 4.78 is 8.25. The Labute approximate surface area is 220 Å². The Bertz CT molecular complexity index is 1090. The van der Waals surface area contributed by atoms with Crippen molar-refractivity contribution in [2.75, 3.05) is 31.2 Å². The average Bonchev–Trinajstić information content (AvgIpc) is 3.11. The maximum Gasteiger partial charge on any atom is 0.261 e. The third-order valence-corrected chi connectivity index (χ3v) is 12.9. The van der Waals surface area contributed by atoms with Crippen LogP contribution >= 0.6 is 15.9 Å². The average molecular weight is 553 g/mol. The normalized spacial score (nSPS) is 19.0. The van der Waals surface area contributed by atoms with Gasteiger partial charge in [0.25, 0.3) is 8.32 Å². The maximum absolute atomic E-state index is 10.2. The number of nitrogens with zero attached hydrogens (tertiary/aromatic N) is 1. The summed E-state index contributed by atoms with van der Waals surface area (Å²) in [7, 11) is -2.55. The predicted molar refractivity (Wildman–Crippen MR) is 154 cm³/mol. The van der Waals surface area contributed by atoms with Crippen LogP contribution in [0.1, 0.15) is 40.2 Å². The Morgan fingerprint density at radius 1 is 1.00 bits per heavy atom. The van der Waals surface area contributed by atoms with E-state index in [0.717, 1.165) is 17.6 Å². The molecule has 0 aliphatic carbocycles. The minimum Gasteiger partial charge on any atom is -0.407 e. The molecule has 1 heterocycles. The van der Waals surface area contributed by atoms with Crippen LogP contribution in [0.15, 0.2) is 83.3 Å². The Morgan fingerprint density at radius 2 is 1.57 bits per heavy atom. The van der Waals surface area contributed by atoms with Gasteiger partial charge in [-0.25, -0.2) is 0 Å². The summed E-state index contributed by atoms with van der Waals surface area (Å²) in [5.74, 6) is 0.324. The molecular weight excluding hydrogens is 514 g/mol. The zero-order valence-electron chi connectivity index (χ0n) is 21.6. The fraction of sp³-hybridized carbons (Fsp3) is 0.400. The number of benzene rings is 3. The zero-order valence-corrected chi connectivity index (χ0v) is 24.2. The predicted octanol–water partition coefficient (Wildman–Crippen LogP) is 5.73. The summed E-state index contributed by atoms with van der Waals surface area (Å²) in [6, 6.07) is 28.1. The Balaban J connectivity index is 1.62.